The van der Waals surface area contributed by atoms with E-state index < -0.39 is 11.2 Å². The van der Waals surface area contributed by atoms with Crippen molar-refractivity contribution in [1.82, 2.24) is 0 Å². The van der Waals surface area contributed by atoms with Crippen LogP contribution in [0, 0.1) is 0 Å². The smallest absolute Gasteiger partial charge is 0.309 e. The summed E-state index contributed by atoms with van der Waals surface area (Å²) in [6.45, 7) is 14.0. The molecular weight excluding hydrogens is 391 g/mol. The molecule has 0 spiro atoms. The summed E-state index contributed by atoms with van der Waals surface area (Å²) in [5, 5.41) is 0. The number of hydrogen-bond donors (Lipinski definition) is 0. The molecule has 0 aromatic carbocycles. The van der Waals surface area contributed by atoms with Gasteiger partial charge in [-0.2, -0.15) is 0 Å². The molecular formula is C14H27IO4S. The molecule has 4 nitrogen and oxygen atoms in total. The van der Waals surface area contributed by atoms with E-state index >= 15 is 0 Å². The third-order valence-corrected chi connectivity index (χ3v) is 3.50. The van der Waals surface area contributed by atoms with Gasteiger partial charge in [-0.15, -0.1) is 0 Å². The molecule has 20 heavy (non-hydrogen) atoms. The molecule has 0 heterocycles. The summed E-state index contributed by atoms with van der Waals surface area (Å²) in [4.78, 5) is 11.8. The average molecular weight is 418 g/mol. The number of esters is 1. The zero-order valence-electron chi connectivity index (χ0n) is 13.5. The van der Waals surface area contributed by atoms with Crippen LogP contribution in [0.1, 0.15) is 61.3 Å². The molecule has 0 rings (SSSR count). The minimum Gasteiger partial charge on any atom is -0.460 e. The third-order valence-electron chi connectivity index (χ3n) is 2.44. The number of carbonyl (C=O) groups excluding carboxylic acids is 1. The van der Waals surface area contributed by atoms with Crippen LogP contribution in [0.25, 0.3) is 0 Å². The van der Waals surface area contributed by atoms with Gasteiger partial charge in [0.2, 0.25) is 0 Å². The highest BCUT2D eigenvalue weighted by atomic mass is 127. The minimum atomic E-state index is -0.532. The number of ether oxygens (including phenoxy) is 2. The van der Waals surface area contributed by atoms with Crippen molar-refractivity contribution in [3.63, 3.8) is 0 Å². The topological polar surface area (TPSA) is 44.8 Å². The summed E-state index contributed by atoms with van der Waals surface area (Å²) in [7, 11) is 1.32. The molecule has 0 aliphatic carbocycles. The molecule has 0 saturated carbocycles. The van der Waals surface area contributed by atoms with Gasteiger partial charge in [-0.05, 0) is 48.5 Å². The molecule has 6 heteroatoms. The fourth-order valence-corrected chi connectivity index (χ4v) is 3.19. The Labute approximate surface area is 139 Å². The number of rotatable bonds is 8. The van der Waals surface area contributed by atoms with Gasteiger partial charge in [-0.1, -0.05) is 0 Å². The second-order valence-electron chi connectivity index (χ2n) is 7.03. The Balaban J connectivity index is 4.16. The van der Waals surface area contributed by atoms with Crippen molar-refractivity contribution in [3.05, 3.63) is 0 Å². The number of hydrogen-bond acceptors (Lipinski definition) is 5. The maximum absolute atomic E-state index is 11.8. The summed E-state index contributed by atoms with van der Waals surface area (Å²) in [6, 6.07) is 0. The standard InChI is InChI=1S/C14H27IO4S/c1-12(2,3)18-11(16)10-14(6,7)17-9-8-13(4,5)19-20-15/h8-10H2,1-7H3. The highest BCUT2D eigenvalue weighted by molar-refractivity contribution is 14.2. The summed E-state index contributed by atoms with van der Waals surface area (Å²) in [5.41, 5.74) is -1.23. The van der Waals surface area contributed by atoms with Gasteiger partial charge in [-0.3, -0.25) is 8.98 Å². The van der Waals surface area contributed by atoms with Gasteiger partial charge >= 0.3 is 5.97 Å². The molecule has 0 amide bonds. The minimum absolute atomic E-state index is 0.235. The fraction of sp³-hybridized carbons (Fsp3) is 0.929. The van der Waals surface area contributed by atoms with Crippen molar-refractivity contribution in [2.45, 2.75) is 78.1 Å². The molecule has 0 saturated heterocycles. The predicted octanol–water partition coefficient (Wildman–Crippen LogP) is 4.70. The van der Waals surface area contributed by atoms with E-state index in [9.17, 15) is 4.79 Å². The van der Waals surface area contributed by atoms with Crippen molar-refractivity contribution < 1.29 is 18.5 Å². The van der Waals surface area contributed by atoms with Gasteiger partial charge in [0, 0.05) is 27.6 Å². The van der Waals surface area contributed by atoms with Crippen LogP contribution in [0.3, 0.4) is 0 Å². The first-order chi connectivity index (χ1) is 8.87. The summed E-state index contributed by atoms with van der Waals surface area (Å²) >= 11 is 2.10. The first kappa shape index (κ1) is 20.5. The second-order valence-corrected chi connectivity index (χ2v) is 8.40. The zero-order valence-corrected chi connectivity index (χ0v) is 16.5. The van der Waals surface area contributed by atoms with E-state index in [-0.39, 0.29) is 18.0 Å². The van der Waals surface area contributed by atoms with Gasteiger partial charge in [0.15, 0.2) is 0 Å². The third kappa shape index (κ3) is 11.2. The van der Waals surface area contributed by atoms with Crippen LogP contribution in [0.2, 0.25) is 0 Å². The largest absolute Gasteiger partial charge is 0.460 e. The Morgan fingerprint density at radius 2 is 1.60 bits per heavy atom. The first-order valence-corrected chi connectivity index (χ1v) is 9.98. The molecule has 120 valence electrons. The van der Waals surface area contributed by atoms with Crippen LogP contribution in [0.5, 0.6) is 0 Å². The Kier molecular flexibility index (Phi) is 8.39. The molecule has 0 atom stereocenters. The van der Waals surface area contributed by atoms with Crippen molar-refractivity contribution >= 4 is 36.4 Å². The van der Waals surface area contributed by atoms with Crippen LogP contribution >= 0.6 is 30.4 Å². The Hall–Kier alpha value is 0.470. The van der Waals surface area contributed by atoms with E-state index in [0.717, 1.165) is 6.42 Å². The molecule has 0 N–H and O–H groups in total. The number of carbonyl (C=O) groups is 1. The van der Waals surface area contributed by atoms with E-state index in [1.165, 1.54) is 9.21 Å². The first-order valence-electron chi connectivity index (χ1n) is 6.69. The van der Waals surface area contributed by atoms with Crippen molar-refractivity contribution in [3.8, 4) is 0 Å². The molecule has 0 fully saturated rings. The molecule has 0 bridgehead atoms. The van der Waals surface area contributed by atoms with Gasteiger partial charge in [0.25, 0.3) is 0 Å². The quantitative estimate of drug-likeness (QED) is 0.325. The van der Waals surface area contributed by atoms with Crippen LogP contribution in [0.15, 0.2) is 0 Å². The van der Waals surface area contributed by atoms with Crippen molar-refractivity contribution in [1.29, 1.82) is 0 Å². The van der Waals surface area contributed by atoms with Gasteiger partial charge < -0.3 is 9.47 Å². The predicted molar refractivity (Wildman–Crippen MR) is 91.9 cm³/mol. The van der Waals surface area contributed by atoms with Gasteiger partial charge in [0.05, 0.1) is 33.4 Å². The average Bonchev–Trinajstić information content (AvgIpc) is 2.11. The van der Waals surface area contributed by atoms with E-state index in [1.807, 2.05) is 48.5 Å². The Bertz CT molecular complexity index is 311. The summed E-state index contributed by atoms with van der Waals surface area (Å²) < 4.78 is 16.6. The molecule has 0 aromatic heterocycles. The maximum atomic E-state index is 11.8. The zero-order chi connectivity index (χ0) is 16.0. The Morgan fingerprint density at radius 1 is 1.05 bits per heavy atom. The molecule has 0 aliphatic heterocycles. The highest BCUT2D eigenvalue weighted by Crippen LogP contribution is 2.27. The van der Waals surface area contributed by atoms with Crippen molar-refractivity contribution in [2.75, 3.05) is 6.61 Å². The molecule has 0 aliphatic rings. The lowest BCUT2D eigenvalue weighted by Gasteiger charge is -2.29. The molecule has 0 aromatic rings. The van der Waals surface area contributed by atoms with Crippen LogP contribution < -0.4 is 0 Å². The fourth-order valence-electron chi connectivity index (χ4n) is 1.48. The Morgan fingerprint density at radius 3 is 2.05 bits per heavy atom. The normalized spacial score (nSPS) is 13.4. The summed E-state index contributed by atoms with van der Waals surface area (Å²) in [6.07, 6.45) is 1.01. The van der Waals surface area contributed by atoms with E-state index in [4.69, 9.17) is 13.7 Å². The van der Waals surface area contributed by atoms with E-state index in [2.05, 4.69) is 21.2 Å². The van der Waals surface area contributed by atoms with Crippen molar-refractivity contribution in [2.24, 2.45) is 0 Å². The van der Waals surface area contributed by atoms with E-state index in [0.29, 0.717) is 6.61 Å². The van der Waals surface area contributed by atoms with Crippen LogP contribution in [-0.4, -0.2) is 29.4 Å². The molecule has 0 unspecified atom stereocenters. The lowest BCUT2D eigenvalue weighted by molar-refractivity contribution is -0.161. The van der Waals surface area contributed by atoms with Crippen LogP contribution in [0.4, 0.5) is 0 Å². The number of halogens is 1. The van der Waals surface area contributed by atoms with Gasteiger partial charge in [-0.25, -0.2) is 0 Å². The van der Waals surface area contributed by atoms with E-state index in [1.54, 1.807) is 0 Å². The molecule has 0 radical (unpaired) electrons. The van der Waals surface area contributed by atoms with Crippen LogP contribution in [-0.2, 0) is 18.5 Å². The maximum Gasteiger partial charge on any atom is 0.309 e. The lowest BCUT2D eigenvalue weighted by Crippen LogP contribution is -2.34. The monoisotopic (exact) mass is 418 g/mol. The van der Waals surface area contributed by atoms with Gasteiger partial charge in [0.1, 0.15) is 5.60 Å². The SMILES string of the molecule is CC(C)(C)OC(=O)CC(C)(C)OCCC(C)(C)OSI. The second kappa shape index (κ2) is 8.19. The summed E-state index contributed by atoms with van der Waals surface area (Å²) in [5.74, 6) is -0.235. The lowest BCUT2D eigenvalue weighted by atomic mass is 10.0. The highest BCUT2D eigenvalue weighted by Gasteiger charge is 2.28.